The Balaban J connectivity index is 1.55. The average Bonchev–Trinajstić information content (AvgIpc) is 3.05. The number of hydrogen-bond acceptors (Lipinski definition) is 4. The van der Waals surface area contributed by atoms with Crippen molar-refractivity contribution in [3.8, 4) is 0 Å². The van der Waals surface area contributed by atoms with E-state index in [9.17, 15) is 19.2 Å². The van der Waals surface area contributed by atoms with Crippen LogP contribution >= 0.6 is 15.9 Å². The molecule has 2 N–H and O–H groups in total. The Bertz CT molecular complexity index is 827. The van der Waals surface area contributed by atoms with Crippen LogP contribution in [0.1, 0.15) is 73.7 Å². The fraction of sp³-hybridized carbons (Fsp3) is 0.545. The molecule has 0 radical (unpaired) electrons. The Labute approximate surface area is 185 Å². The van der Waals surface area contributed by atoms with Crippen LogP contribution in [-0.4, -0.2) is 39.9 Å². The van der Waals surface area contributed by atoms with Crippen molar-refractivity contribution in [2.45, 2.75) is 70.4 Å². The molecule has 1 saturated heterocycles. The Hall–Kier alpha value is -2.22. The van der Waals surface area contributed by atoms with E-state index in [1.54, 1.807) is 18.2 Å². The van der Waals surface area contributed by atoms with Crippen LogP contribution in [-0.2, 0) is 20.9 Å². The average molecular weight is 478 g/mol. The zero-order valence-corrected chi connectivity index (χ0v) is 18.6. The van der Waals surface area contributed by atoms with Gasteiger partial charge in [0.15, 0.2) is 0 Å². The van der Waals surface area contributed by atoms with E-state index < -0.39 is 11.9 Å². The third-order valence-electron chi connectivity index (χ3n) is 5.64. The first-order chi connectivity index (χ1) is 14.5. The van der Waals surface area contributed by atoms with Crippen molar-refractivity contribution < 1.29 is 19.2 Å². The summed E-state index contributed by atoms with van der Waals surface area (Å²) in [6.45, 7) is 0.254. The Morgan fingerprint density at radius 1 is 1.10 bits per heavy atom. The normalized spacial score (nSPS) is 18.4. The van der Waals surface area contributed by atoms with Crippen LogP contribution in [0.15, 0.2) is 18.2 Å². The van der Waals surface area contributed by atoms with Crippen molar-refractivity contribution in [1.29, 1.82) is 0 Å². The van der Waals surface area contributed by atoms with Gasteiger partial charge in [0.05, 0.1) is 0 Å². The number of amides is 4. The van der Waals surface area contributed by atoms with Gasteiger partial charge in [0.1, 0.15) is 6.04 Å². The summed E-state index contributed by atoms with van der Waals surface area (Å²) in [6, 6.07) is 4.59. The Kier molecular flexibility index (Phi) is 8.01. The van der Waals surface area contributed by atoms with Crippen molar-refractivity contribution in [2.75, 3.05) is 10.6 Å². The van der Waals surface area contributed by atoms with Crippen molar-refractivity contribution in [3.63, 3.8) is 0 Å². The molecule has 1 atom stereocenters. The lowest BCUT2D eigenvalue weighted by molar-refractivity contribution is -0.137. The molecule has 1 aromatic carbocycles. The van der Waals surface area contributed by atoms with E-state index >= 15 is 0 Å². The van der Waals surface area contributed by atoms with E-state index in [2.05, 4.69) is 26.6 Å². The van der Waals surface area contributed by atoms with Crippen LogP contribution in [0, 0.1) is 0 Å². The molecule has 4 amide bonds. The molecule has 0 spiro atoms. The largest absolute Gasteiger partial charge is 0.326 e. The van der Waals surface area contributed by atoms with Gasteiger partial charge in [0.25, 0.3) is 5.91 Å². The number of unbranched alkanes of at least 4 members (excludes halogenated alkanes) is 5. The standard InChI is InChI=1S/C22H28BrN3O4/c23-13-6-4-2-1-3-5-10-19(27)24-17-9-7-8-15-16(17)14-26(22(15)30)18-11-12-20(28)25-21(18)29/h7-9,18H,1-6,10-14H2,(H,24,27)(H,25,28,29). The summed E-state index contributed by atoms with van der Waals surface area (Å²) in [7, 11) is 0. The zero-order valence-electron chi connectivity index (χ0n) is 17.0. The maximum atomic E-state index is 12.8. The van der Waals surface area contributed by atoms with Crippen LogP contribution in [0.25, 0.3) is 0 Å². The summed E-state index contributed by atoms with van der Waals surface area (Å²) in [4.78, 5) is 50.3. The first kappa shape index (κ1) is 22.5. The summed E-state index contributed by atoms with van der Waals surface area (Å²) >= 11 is 3.43. The lowest BCUT2D eigenvalue weighted by atomic mass is 10.0. The second kappa shape index (κ2) is 10.7. The molecule has 8 heteroatoms. The van der Waals surface area contributed by atoms with Gasteiger partial charge < -0.3 is 10.2 Å². The molecule has 1 unspecified atom stereocenters. The SMILES string of the molecule is O=C1CCC(N2Cc3c(NC(=O)CCCCCCCCBr)cccc3C2=O)C(=O)N1. The third kappa shape index (κ3) is 5.47. The lowest BCUT2D eigenvalue weighted by Crippen LogP contribution is -2.52. The number of nitrogens with one attached hydrogen (secondary N) is 2. The molecule has 0 saturated carbocycles. The van der Waals surface area contributed by atoms with Crippen LogP contribution in [0.2, 0.25) is 0 Å². The maximum absolute atomic E-state index is 12.8. The van der Waals surface area contributed by atoms with E-state index in [0.29, 0.717) is 24.1 Å². The third-order valence-corrected chi connectivity index (χ3v) is 6.20. The molecular formula is C22H28BrN3O4. The lowest BCUT2D eigenvalue weighted by Gasteiger charge is -2.29. The highest BCUT2D eigenvalue weighted by Gasteiger charge is 2.39. The number of fused-ring (bicyclic) bond motifs is 1. The molecule has 0 bridgehead atoms. The Morgan fingerprint density at radius 3 is 2.57 bits per heavy atom. The number of carbonyl (C=O) groups excluding carboxylic acids is 4. The number of benzene rings is 1. The summed E-state index contributed by atoms with van der Waals surface area (Å²) in [5.74, 6) is -1.04. The number of nitrogens with zero attached hydrogens (tertiary/aromatic N) is 1. The number of rotatable bonds is 10. The Morgan fingerprint density at radius 2 is 1.83 bits per heavy atom. The highest BCUT2D eigenvalue weighted by molar-refractivity contribution is 9.09. The monoisotopic (exact) mass is 477 g/mol. The van der Waals surface area contributed by atoms with Gasteiger partial charge in [-0.25, -0.2) is 0 Å². The predicted molar refractivity (Wildman–Crippen MR) is 117 cm³/mol. The van der Waals surface area contributed by atoms with Gasteiger partial charge in [-0.1, -0.05) is 47.7 Å². The van der Waals surface area contributed by atoms with Gasteiger partial charge >= 0.3 is 0 Å². The summed E-state index contributed by atoms with van der Waals surface area (Å²) in [5, 5.41) is 6.28. The molecule has 1 fully saturated rings. The molecule has 2 aliphatic rings. The number of carbonyl (C=O) groups is 4. The second-order valence-corrected chi connectivity index (χ2v) is 8.63. The van der Waals surface area contributed by atoms with Crippen molar-refractivity contribution in [1.82, 2.24) is 10.2 Å². The quantitative estimate of drug-likeness (QED) is 0.306. The first-order valence-electron chi connectivity index (χ1n) is 10.6. The minimum atomic E-state index is -0.657. The molecular weight excluding hydrogens is 450 g/mol. The fourth-order valence-corrected chi connectivity index (χ4v) is 4.40. The van der Waals surface area contributed by atoms with E-state index in [1.807, 2.05) is 0 Å². The van der Waals surface area contributed by atoms with Crippen LogP contribution in [0.4, 0.5) is 5.69 Å². The van der Waals surface area contributed by atoms with Crippen molar-refractivity contribution in [3.05, 3.63) is 29.3 Å². The number of anilines is 1. The van der Waals surface area contributed by atoms with Crippen molar-refractivity contribution >= 4 is 45.2 Å². The van der Waals surface area contributed by atoms with Gasteiger partial charge in [0.2, 0.25) is 17.7 Å². The number of halogens is 1. The number of hydrogen-bond donors (Lipinski definition) is 2. The molecule has 0 aromatic heterocycles. The summed E-state index contributed by atoms with van der Waals surface area (Å²) in [5.41, 5.74) is 1.86. The topological polar surface area (TPSA) is 95.6 Å². The van der Waals surface area contributed by atoms with Crippen molar-refractivity contribution in [2.24, 2.45) is 0 Å². The molecule has 7 nitrogen and oxygen atoms in total. The van der Waals surface area contributed by atoms with Gasteiger partial charge in [-0.15, -0.1) is 0 Å². The van der Waals surface area contributed by atoms with Gasteiger partial charge in [0, 0.05) is 41.5 Å². The summed E-state index contributed by atoms with van der Waals surface area (Å²) < 4.78 is 0. The molecule has 1 aromatic rings. The molecule has 30 heavy (non-hydrogen) atoms. The summed E-state index contributed by atoms with van der Waals surface area (Å²) in [6.07, 6.45) is 7.60. The molecule has 2 heterocycles. The first-order valence-corrected chi connectivity index (χ1v) is 11.8. The predicted octanol–water partition coefficient (Wildman–Crippen LogP) is 3.51. The molecule has 3 rings (SSSR count). The smallest absolute Gasteiger partial charge is 0.255 e. The number of piperidine rings is 1. The van der Waals surface area contributed by atoms with Crippen LogP contribution in [0.5, 0.6) is 0 Å². The molecule has 0 aliphatic carbocycles. The highest BCUT2D eigenvalue weighted by Crippen LogP contribution is 2.32. The van der Waals surface area contributed by atoms with Gasteiger partial charge in [-0.05, 0) is 31.4 Å². The van der Waals surface area contributed by atoms with Gasteiger partial charge in [-0.3, -0.25) is 24.5 Å². The number of alkyl halides is 1. The molecule has 2 aliphatic heterocycles. The van der Waals surface area contributed by atoms with E-state index in [1.165, 1.54) is 24.2 Å². The van der Waals surface area contributed by atoms with E-state index in [-0.39, 0.29) is 30.7 Å². The highest BCUT2D eigenvalue weighted by atomic mass is 79.9. The number of imide groups is 1. The van der Waals surface area contributed by atoms with E-state index in [0.717, 1.165) is 30.2 Å². The van der Waals surface area contributed by atoms with Crippen LogP contribution in [0.3, 0.4) is 0 Å². The zero-order chi connectivity index (χ0) is 21.5. The minimum Gasteiger partial charge on any atom is -0.326 e. The van der Waals surface area contributed by atoms with Gasteiger partial charge in [-0.2, -0.15) is 0 Å². The van der Waals surface area contributed by atoms with E-state index in [4.69, 9.17) is 0 Å². The molecule has 162 valence electrons. The maximum Gasteiger partial charge on any atom is 0.255 e. The minimum absolute atomic E-state index is 0.0595. The fourth-order valence-electron chi connectivity index (χ4n) is 4.00. The second-order valence-electron chi connectivity index (χ2n) is 7.84. The van der Waals surface area contributed by atoms with Crippen LogP contribution < -0.4 is 10.6 Å².